The lowest BCUT2D eigenvalue weighted by atomic mass is 9.88. The molecule has 1 aliphatic heterocycles. The highest BCUT2D eigenvalue weighted by Gasteiger charge is 2.37. The summed E-state index contributed by atoms with van der Waals surface area (Å²) in [5.41, 5.74) is 0. The summed E-state index contributed by atoms with van der Waals surface area (Å²) in [6.45, 7) is 6.84. The van der Waals surface area contributed by atoms with E-state index in [1.165, 1.54) is 19.4 Å². The number of hydrogen-bond donors (Lipinski definition) is 0. The van der Waals surface area contributed by atoms with Gasteiger partial charge in [-0.25, -0.2) is 0 Å². The molecule has 0 atom stereocenters. The van der Waals surface area contributed by atoms with E-state index in [-0.39, 0.29) is 5.79 Å². The standard InChI is InChI=1S/C14H27NO3/c1-3-18-14(16-2)7-5-13(6-8-14)15-9-4-11-17-12-10-15/h13H,3-12H2,1-2H3. The third-order valence-corrected chi connectivity index (χ3v) is 4.27. The molecule has 2 aliphatic rings. The van der Waals surface area contributed by atoms with Gasteiger partial charge in [0, 0.05) is 52.3 Å². The van der Waals surface area contributed by atoms with E-state index >= 15 is 0 Å². The van der Waals surface area contributed by atoms with E-state index in [4.69, 9.17) is 14.2 Å². The summed E-state index contributed by atoms with van der Waals surface area (Å²) in [5, 5.41) is 0. The van der Waals surface area contributed by atoms with Crippen LogP contribution < -0.4 is 0 Å². The molecule has 0 amide bonds. The van der Waals surface area contributed by atoms with E-state index in [0.29, 0.717) is 6.04 Å². The van der Waals surface area contributed by atoms with E-state index in [0.717, 1.165) is 45.6 Å². The minimum atomic E-state index is -0.312. The molecule has 0 N–H and O–H groups in total. The second-order valence-electron chi connectivity index (χ2n) is 5.28. The molecule has 0 spiro atoms. The smallest absolute Gasteiger partial charge is 0.167 e. The SMILES string of the molecule is CCOC1(OC)CCC(N2CCCOCC2)CC1. The molecular formula is C14H27NO3. The molecule has 106 valence electrons. The molecule has 1 heterocycles. The Labute approximate surface area is 111 Å². The van der Waals surface area contributed by atoms with Crippen LogP contribution >= 0.6 is 0 Å². The molecule has 0 aromatic rings. The Kier molecular flexibility index (Phi) is 5.42. The predicted octanol–water partition coefficient (Wildman–Crippen LogP) is 2.03. The minimum absolute atomic E-state index is 0.312. The van der Waals surface area contributed by atoms with Crippen LogP contribution in [0.2, 0.25) is 0 Å². The normalized spacial score (nSPS) is 35.3. The van der Waals surface area contributed by atoms with Gasteiger partial charge in [-0.2, -0.15) is 0 Å². The van der Waals surface area contributed by atoms with Gasteiger partial charge < -0.3 is 14.2 Å². The van der Waals surface area contributed by atoms with Crippen molar-refractivity contribution in [2.75, 3.05) is 40.0 Å². The molecule has 0 bridgehead atoms. The van der Waals surface area contributed by atoms with Crippen molar-refractivity contribution in [3.63, 3.8) is 0 Å². The zero-order chi connectivity index (χ0) is 12.8. The maximum Gasteiger partial charge on any atom is 0.167 e. The number of rotatable bonds is 4. The Morgan fingerprint density at radius 1 is 1.22 bits per heavy atom. The molecule has 2 rings (SSSR count). The van der Waals surface area contributed by atoms with Gasteiger partial charge in [-0.3, -0.25) is 4.90 Å². The summed E-state index contributed by atoms with van der Waals surface area (Å²) in [4.78, 5) is 2.60. The molecule has 1 saturated heterocycles. The first-order chi connectivity index (χ1) is 8.79. The third kappa shape index (κ3) is 3.44. The summed E-state index contributed by atoms with van der Waals surface area (Å²) in [7, 11) is 1.77. The lowest BCUT2D eigenvalue weighted by molar-refractivity contribution is -0.240. The fourth-order valence-corrected chi connectivity index (χ4v) is 3.21. The fourth-order valence-electron chi connectivity index (χ4n) is 3.21. The molecule has 4 nitrogen and oxygen atoms in total. The van der Waals surface area contributed by atoms with E-state index in [1.807, 2.05) is 6.92 Å². The van der Waals surface area contributed by atoms with Gasteiger partial charge in [0.05, 0.1) is 6.61 Å². The summed E-state index contributed by atoms with van der Waals surface area (Å²) in [5.74, 6) is -0.312. The molecule has 0 radical (unpaired) electrons. The second kappa shape index (κ2) is 6.85. The van der Waals surface area contributed by atoms with Gasteiger partial charge in [0.1, 0.15) is 0 Å². The topological polar surface area (TPSA) is 30.9 Å². The Bertz CT molecular complexity index is 231. The van der Waals surface area contributed by atoms with Gasteiger partial charge in [0.15, 0.2) is 5.79 Å². The van der Waals surface area contributed by atoms with E-state index in [9.17, 15) is 0 Å². The van der Waals surface area contributed by atoms with Crippen LogP contribution in [0.5, 0.6) is 0 Å². The lowest BCUT2D eigenvalue weighted by Gasteiger charge is -2.42. The first kappa shape index (κ1) is 14.3. The van der Waals surface area contributed by atoms with Gasteiger partial charge in [0.2, 0.25) is 0 Å². The van der Waals surface area contributed by atoms with Crippen LogP contribution in [0.4, 0.5) is 0 Å². The van der Waals surface area contributed by atoms with Crippen molar-refractivity contribution in [2.45, 2.75) is 50.9 Å². The zero-order valence-corrected chi connectivity index (χ0v) is 11.8. The molecular weight excluding hydrogens is 230 g/mol. The Morgan fingerprint density at radius 3 is 2.67 bits per heavy atom. The van der Waals surface area contributed by atoms with Crippen LogP contribution in [-0.2, 0) is 14.2 Å². The number of methoxy groups -OCH3 is 1. The van der Waals surface area contributed by atoms with Gasteiger partial charge in [0.25, 0.3) is 0 Å². The quantitative estimate of drug-likeness (QED) is 0.721. The molecule has 2 fully saturated rings. The van der Waals surface area contributed by atoms with Crippen LogP contribution in [0.25, 0.3) is 0 Å². The highest BCUT2D eigenvalue weighted by Crippen LogP contribution is 2.34. The first-order valence-electron chi connectivity index (χ1n) is 7.30. The van der Waals surface area contributed by atoms with Crippen molar-refractivity contribution in [1.82, 2.24) is 4.90 Å². The summed E-state index contributed by atoms with van der Waals surface area (Å²) < 4.78 is 17.0. The van der Waals surface area contributed by atoms with Crippen molar-refractivity contribution < 1.29 is 14.2 Å². The van der Waals surface area contributed by atoms with Crippen molar-refractivity contribution in [1.29, 1.82) is 0 Å². The third-order valence-electron chi connectivity index (χ3n) is 4.27. The van der Waals surface area contributed by atoms with E-state index in [2.05, 4.69) is 4.90 Å². The molecule has 0 unspecified atom stereocenters. The van der Waals surface area contributed by atoms with Crippen LogP contribution in [0.15, 0.2) is 0 Å². The average molecular weight is 257 g/mol. The second-order valence-corrected chi connectivity index (χ2v) is 5.28. The molecule has 4 heteroatoms. The Balaban J connectivity index is 1.84. The number of nitrogens with zero attached hydrogens (tertiary/aromatic N) is 1. The highest BCUT2D eigenvalue weighted by atomic mass is 16.7. The maximum atomic E-state index is 5.81. The van der Waals surface area contributed by atoms with Crippen molar-refractivity contribution in [3.8, 4) is 0 Å². The van der Waals surface area contributed by atoms with Gasteiger partial charge in [-0.1, -0.05) is 0 Å². The van der Waals surface area contributed by atoms with Gasteiger partial charge >= 0.3 is 0 Å². The largest absolute Gasteiger partial charge is 0.380 e. The van der Waals surface area contributed by atoms with Gasteiger partial charge in [-0.05, 0) is 26.2 Å². The number of hydrogen-bond acceptors (Lipinski definition) is 4. The minimum Gasteiger partial charge on any atom is -0.380 e. The van der Waals surface area contributed by atoms with E-state index < -0.39 is 0 Å². The van der Waals surface area contributed by atoms with E-state index in [1.54, 1.807) is 7.11 Å². The number of ether oxygens (including phenoxy) is 3. The molecule has 1 saturated carbocycles. The highest BCUT2D eigenvalue weighted by molar-refractivity contribution is 4.85. The van der Waals surface area contributed by atoms with Crippen molar-refractivity contribution in [3.05, 3.63) is 0 Å². The summed E-state index contributed by atoms with van der Waals surface area (Å²) in [6.07, 6.45) is 5.54. The zero-order valence-electron chi connectivity index (χ0n) is 11.8. The van der Waals surface area contributed by atoms with Crippen LogP contribution in [0, 0.1) is 0 Å². The molecule has 18 heavy (non-hydrogen) atoms. The molecule has 0 aromatic carbocycles. The van der Waals surface area contributed by atoms with Crippen LogP contribution in [-0.4, -0.2) is 56.7 Å². The summed E-state index contributed by atoms with van der Waals surface area (Å²) in [6, 6.07) is 0.690. The van der Waals surface area contributed by atoms with Crippen molar-refractivity contribution in [2.24, 2.45) is 0 Å². The monoisotopic (exact) mass is 257 g/mol. The average Bonchev–Trinajstić information content (AvgIpc) is 2.69. The molecule has 1 aliphatic carbocycles. The maximum absolute atomic E-state index is 5.81. The van der Waals surface area contributed by atoms with Crippen molar-refractivity contribution >= 4 is 0 Å². The fraction of sp³-hybridized carbons (Fsp3) is 1.00. The predicted molar refractivity (Wildman–Crippen MR) is 70.6 cm³/mol. The van der Waals surface area contributed by atoms with Crippen LogP contribution in [0.1, 0.15) is 39.0 Å². The van der Waals surface area contributed by atoms with Crippen LogP contribution in [0.3, 0.4) is 0 Å². The van der Waals surface area contributed by atoms with Gasteiger partial charge in [-0.15, -0.1) is 0 Å². The summed E-state index contributed by atoms with van der Waals surface area (Å²) >= 11 is 0. The Hall–Kier alpha value is -0.160. The first-order valence-corrected chi connectivity index (χ1v) is 7.30. The molecule has 0 aromatic heterocycles. The Morgan fingerprint density at radius 2 is 2.00 bits per heavy atom. The lowest BCUT2D eigenvalue weighted by Crippen LogP contribution is -2.46.